The van der Waals surface area contributed by atoms with Crippen LogP contribution in [0.2, 0.25) is 0 Å². The summed E-state index contributed by atoms with van der Waals surface area (Å²) in [7, 11) is 0. The van der Waals surface area contributed by atoms with Gasteiger partial charge in [0.05, 0.1) is 11.0 Å². The second-order valence-electron chi connectivity index (χ2n) is 6.54. The van der Waals surface area contributed by atoms with E-state index in [4.69, 9.17) is 0 Å². The van der Waals surface area contributed by atoms with Gasteiger partial charge in [-0.3, -0.25) is 4.79 Å². The average molecular weight is 334 g/mol. The van der Waals surface area contributed by atoms with Crippen LogP contribution in [0, 0.1) is 5.92 Å². The molecule has 2 heterocycles. The fraction of sp³-hybridized carbons (Fsp3) is 0.300. The van der Waals surface area contributed by atoms with Gasteiger partial charge in [-0.25, -0.2) is 4.98 Å². The number of imidazole rings is 1. The van der Waals surface area contributed by atoms with Crippen molar-refractivity contribution in [2.45, 2.75) is 19.4 Å². The second-order valence-corrected chi connectivity index (χ2v) is 6.54. The fourth-order valence-electron chi connectivity index (χ4n) is 3.29. The van der Waals surface area contributed by atoms with Crippen LogP contribution in [0.15, 0.2) is 48.5 Å². The van der Waals surface area contributed by atoms with Crippen molar-refractivity contribution in [1.82, 2.24) is 20.6 Å². The standard InChI is InChI=1S/C20H22N4O/c25-20(16-9-11-21-12-10-16)22-13-14-5-7-15(8-6-14)19-23-17-3-1-2-4-18(17)24-19/h1-8,16,21H,9-13H2,(H,22,25)(H,23,24). The van der Waals surface area contributed by atoms with Crippen molar-refractivity contribution in [2.24, 2.45) is 5.92 Å². The van der Waals surface area contributed by atoms with E-state index < -0.39 is 0 Å². The van der Waals surface area contributed by atoms with Crippen molar-refractivity contribution in [3.8, 4) is 11.4 Å². The van der Waals surface area contributed by atoms with Gasteiger partial charge in [-0.15, -0.1) is 0 Å². The summed E-state index contributed by atoms with van der Waals surface area (Å²) in [5.74, 6) is 1.19. The first-order chi connectivity index (χ1) is 12.3. The number of carbonyl (C=O) groups is 1. The molecule has 1 aliphatic rings. The van der Waals surface area contributed by atoms with Crippen molar-refractivity contribution >= 4 is 16.9 Å². The van der Waals surface area contributed by atoms with E-state index in [1.807, 2.05) is 48.5 Å². The maximum atomic E-state index is 12.2. The number of hydrogen-bond donors (Lipinski definition) is 3. The van der Waals surface area contributed by atoms with Crippen LogP contribution in [0.5, 0.6) is 0 Å². The molecule has 2 aromatic carbocycles. The molecule has 25 heavy (non-hydrogen) atoms. The number of nitrogens with zero attached hydrogens (tertiary/aromatic N) is 1. The molecule has 1 amide bonds. The Morgan fingerprint density at radius 2 is 1.84 bits per heavy atom. The van der Waals surface area contributed by atoms with E-state index in [-0.39, 0.29) is 11.8 Å². The van der Waals surface area contributed by atoms with Crippen LogP contribution in [0.1, 0.15) is 18.4 Å². The van der Waals surface area contributed by atoms with Crippen LogP contribution in [0.4, 0.5) is 0 Å². The summed E-state index contributed by atoms with van der Waals surface area (Å²) in [5, 5.41) is 6.35. The van der Waals surface area contributed by atoms with E-state index in [2.05, 4.69) is 20.6 Å². The number of aromatic nitrogens is 2. The highest BCUT2D eigenvalue weighted by atomic mass is 16.1. The van der Waals surface area contributed by atoms with Crippen LogP contribution in [0.25, 0.3) is 22.4 Å². The quantitative estimate of drug-likeness (QED) is 0.687. The zero-order valence-electron chi connectivity index (χ0n) is 14.1. The van der Waals surface area contributed by atoms with Gasteiger partial charge in [-0.1, -0.05) is 36.4 Å². The van der Waals surface area contributed by atoms with Gasteiger partial charge in [-0.05, 0) is 43.6 Å². The van der Waals surface area contributed by atoms with Crippen LogP contribution in [-0.2, 0) is 11.3 Å². The molecule has 1 saturated heterocycles. The largest absolute Gasteiger partial charge is 0.352 e. The van der Waals surface area contributed by atoms with Crippen molar-refractivity contribution in [3.05, 3.63) is 54.1 Å². The normalized spacial score (nSPS) is 15.4. The molecule has 0 bridgehead atoms. The number of hydrogen-bond acceptors (Lipinski definition) is 3. The number of carbonyl (C=O) groups excluding carboxylic acids is 1. The lowest BCUT2D eigenvalue weighted by Crippen LogP contribution is -2.37. The molecule has 0 spiro atoms. The number of amides is 1. The Hall–Kier alpha value is -2.66. The predicted molar refractivity (Wildman–Crippen MR) is 99.0 cm³/mol. The summed E-state index contributed by atoms with van der Waals surface area (Å²) in [6.07, 6.45) is 1.85. The Morgan fingerprint density at radius 3 is 2.60 bits per heavy atom. The summed E-state index contributed by atoms with van der Waals surface area (Å²) in [6.45, 7) is 2.44. The number of piperidine rings is 1. The van der Waals surface area contributed by atoms with E-state index in [1.165, 1.54) is 0 Å². The number of fused-ring (bicyclic) bond motifs is 1. The Morgan fingerprint density at radius 1 is 1.08 bits per heavy atom. The summed E-state index contributed by atoms with van der Waals surface area (Å²) in [5.41, 5.74) is 4.15. The van der Waals surface area contributed by atoms with Gasteiger partial charge in [0.25, 0.3) is 0 Å². The molecule has 0 aliphatic carbocycles. The van der Waals surface area contributed by atoms with Gasteiger partial charge < -0.3 is 15.6 Å². The highest BCUT2D eigenvalue weighted by molar-refractivity contribution is 5.79. The third-order valence-corrected chi connectivity index (χ3v) is 4.79. The van der Waals surface area contributed by atoms with Crippen LogP contribution >= 0.6 is 0 Å². The lowest BCUT2D eigenvalue weighted by molar-refractivity contribution is -0.125. The average Bonchev–Trinajstić information content (AvgIpc) is 3.11. The molecule has 4 rings (SSSR count). The molecular weight excluding hydrogens is 312 g/mol. The molecule has 3 aromatic rings. The highest BCUT2D eigenvalue weighted by Gasteiger charge is 2.20. The molecule has 5 heteroatoms. The van der Waals surface area contributed by atoms with Gasteiger partial charge in [-0.2, -0.15) is 0 Å². The molecular formula is C20H22N4O. The van der Waals surface area contributed by atoms with Gasteiger partial charge in [0, 0.05) is 18.0 Å². The fourth-order valence-corrected chi connectivity index (χ4v) is 3.29. The lowest BCUT2D eigenvalue weighted by atomic mass is 9.97. The Labute approximate surface area is 146 Å². The summed E-state index contributed by atoms with van der Waals surface area (Å²) >= 11 is 0. The van der Waals surface area contributed by atoms with Crippen molar-refractivity contribution in [2.75, 3.05) is 13.1 Å². The predicted octanol–water partition coefficient (Wildman–Crippen LogP) is 2.85. The zero-order valence-corrected chi connectivity index (χ0v) is 14.1. The first kappa shape index (κ1) is 15.8. The molecule has 1 aliphatic heterocycles. The number of aromatic amines is 1. The van der Waals surface area contributed by atoms with Gasteiger partial charge in [0.15, 0.2) is 0 Å². The first-order valence-corrected chi connectivity index (χ1v) is 8.82. The smallest absolute Gasteiger partial charge is 0.223 e. The minimum Gasteiger partial charge on any atom is -0.352 e. The number of nitrogens with one attached hydrogen (secondary N) is 3. The monoisotopic (exact) mass is 334 g/mol. The second kappa shape index (κ2) is 7.07. The number of H-pyrrole nitrogens is 1. The SMILES string of the molecule is O=C(NCc1ccc(-c2nc3ccccc3[nH]2)cc1)C1CCNCC1. The van der Waals surface area contributed by atoms with Crippen LogP contribution in [-0.4, -0.2) is 29.0 Å². The third-order valence-electron chi connectivity index (χ3n) is 4.79. The topological polar surface area (TPSA) is 69.8 Å². The maximum Gasteiger partial charge on any atom is 0.223 e. The van der Waals surface area contributed by atoms with Gasteiger partial charge in [0.1, 0.15) is 5.82 Å². The summed E-state index contributed by atoms with van der Waals surface area (Å²) in [4.78, 5) is 20.2. The Balaban J connectivity index is 1.40. The molecule has 0 atom stereocenters. The number of para-hydroxylation sites is 2. The molecule has 1 fully saturated rings. The zero-order chi connectivity index (χ0) is 17.1. The van der Waals surface area contributed by atoms with E-state index in [0.29, 0.717) is 6.54 Å². The van der Waals surface area contributed by atoms with E-state index >= 15 is 0 Å². The number of benzene rings is 2. The van der Waals surface area contributed by atoms with E-state index in [9.17, 15) is 4.79 Å². The highest BCUT2D eigenvalue weighted by Crippen LogP contribution is 2.20. The molecule has 0 saturated carbocycles. The summed E-state index contributed by atoms with van der Waals surface area (Å²) < 4.78 is 0. The minimum atomic E-state index is 0.149. The van der Waals surface area contributed by atoms with Crippen molar-refractivity contribution in [3.63, 3.8) is 0 Å². The Kier molecular flexibility index (Phi) is 4.48. The summed E-state index contributed by atoms with van der Waals surface area (Å²) in [6, 6.07) is 16.2. The minimum absolute atomic E-state index is 0.149. The molecule has 5 nitrogen and oxygen atoms in total. The number of rotatable bonds is 4. The van der Waals surface area contributed by atoms with Crippen molar-refractivity contribution in [1.29, 1.82) is 0 Å². The molecule has 0 radical (unpaired) electrons. The van der Waals surface area contributed by atoms with Gasteiger partial charge >= 0.3 is 0 Å². The Bertz CT molecular complexity index is 830. The molecule has 3 N–H and O–H groups in total. The van der Waals surface area contributed by atoms with Crippen molar-refractivity contribution < 1.29 is 4.79 Å². The van der Waals surface area contributed by atoms with Crippen LogP contribution < -0.4 is 10.6 Å². The van der Waals surface area contributed by atoms with E-state index in [1.54, 1.807) is 0 Å². The third kappa shape index (κ3) is 3.56. The van der Waals surface area contributed by atoms with Crippen LogP contribution in [0.3, 0.4) is 0 Å². The molecule has 0 unspecified atom stereocenters. The maximum absolute atomic E-state index is 12.2. The first-order valence-electron chi connectivity index (χ1n) is 8.82. The molecule has 1 aromatic heterocycles. The molecule has 128 valence electrons. The lowest BCUT2D eigenvalue weighted by Gasteiger charge is -2.21. The van der Waals surface area contributed by atoms with E-state index in [0.717, 1.165) is 53.9 Å². The van der Waals surface area contributed by atoms with Gasteiger partial charge in [0.2, 0.25) is 5.91 Å².